The molecule has 0 spiro atoms. The standard InChI is InChI=1S/C18H17FN4O2S2/c19-15-6-2-3-7-16(15)21-18(26)22-9-11-23(12-10-22)27(24,25)17-8-4-1-5-14(17)13-20/h1-8H,9-12H2,(H,21,26). The fourth-order valence-electron chi connectivity index (χ4n) is 2.81. The second-order valence-corrected chi connectivity index (χ2v) is 8.20. The number of halogens is 1. The van der Waals surface area contributed by atoms with Crippen LogP contribution in [0.1, 0.15) is 5.56 Å². The van der Waals surface area contributed by atoms with Crippen molar-refractivity contribution < 1.29 is 12.8 Å². The molecule has 1 aliphatic heterocycles. The van der Waals surface area contributed by atoms with E-state index in [1.54, 1.807) is 35.2 Å². The van der Waals surface area contributed by atoms with Gasteiger partial charge in [-0.2, -0.15) is 9.57 Å². The molecule has 1 fully saturated rings. The maximum atomic E-state index is 13.7. The Morgan fingerprint density at radius 3 is 2.37 bits per heavy atom. The molecule has 0 bridgehead atoms. The highest BCUT2D eigenvalue weighted by Crippen LogP contribution is 2.21. The summed E-state index contributed by atoms with van der Waals surface area (Å²) in [5.74, 6) is -0.408. The number of piperazine rings is 1. The number of nitrogens with one attached hydrogen (secondary N) is 1. The smallest absolute Gasteiger partial charge is 0.244 e. The quantitative estimate of drug-likeness (QED) is 0.792. The molecule has 0 aliphatic carbocycles. The summed E-state index contributed by atoms with van der Waals surface area (Å²) in [4.78, 5) is 1.80. The van der Waals surface area contributed by atoms with E-state index in [9.17, 15) is 12.8 Å². The van der Waals surface area contributed by atoms with Gasteiger partial charge in [-0.15, -0.1) is 0 Å². The van der Waals surface area contributed by atoms with E-state index >= 15 is 0 Å². The van der Waals surface area contributed by atoms with E-state index in [0.717, 1.165) is 0 Å². The number of benzene rings is 2. The minimum Gasteiger partial charge on any atom is -0.346 e. The first-order valence-corrected chi connectivity index (χ1v) is 10.1. The summed E-state index contributed by atoms with van der Waals surface area (Å²) in [5, 5.41) is 12.4. The van der Waals surface area contributed by atoms with Crippen molar-refractivity contribution in [1.82, 2.24) is 9.21 Å². The normalized spacial score (nSPS) is 15.2. The van der Waals surface area contributed by atoms with Gasteiger partial charge < -0.3 is 10.2 Å². The van der Waals surface area contributed by atoms with Crippen LogP contribution in [0.2, 0.25) is 0 Å². The van der Waals surface area contributed by atoms with E-state index in [-0.39, 0.29) is 29.2 Å². The van der Waals surface area contributed by atoms with Crippen LogP contribution in [0.15, 0.2) is 53.4 Å². The molecule has 6 nitrogen and oxygen atoms in total. The molecule has 2 aromatic rings. The zero-order valence-electron chi connectivity index (χ0n) is 14.3. The first-order valence-electron chi connectivity index (χ1n) is 8.23. The third-order valence-electron chi connectivity index (χ3n) is 4.27. The predicted octanol–water partition coefficient (Wildman–Crippen LogP) is 2.40. The van der Waals surface area contributed by atoms with E-state index in [0.29, 0.717) is 18.2 Å². The molecule has 1 saturated heterocycles. The van der Waals surface area contributed by atoms with Crippen molar-refractivity contribution in [2.45, 2.75) is 4.90 Å². The van der Waals surface area contributed by atoms with Crippen LogP contribution in [0.4, 0.5) is 10.1 Å². The molecule has 0 atom stereocenters. The second kappa shape index (κ2) is 8.00. The highest BCUT2D eigenvalue weighted by Gasteiger charge is 2.30. The maximum Gasteiger partial charge on any atom is 0.244 e. The molecule has 0 unspecified atom stereocenters. The van der Waals surface area contributed by atoms with Gasteiger partial charge in [0.2, 0.25) is 10.0 Å². The summed E-state index contributed by atoms with van der Waals surface area (Å²) in [6.45, 7) is 1.19. The molecule has 2 aromatic carbocycles. The van der Waals surface area contributed by atoms with Crippen LogP contribution in [0.5, 0.6) is 0 Å². The molecule has 1 N–H and O–H groups in total. The Morgan fingerprint density at radius 2 is 1.70 bits per heavy atom. The van der Waals surface area contributed by atoms with Gasteiger partial charge >= 0.3 is 0 Å². The number of thiocarbonyl (C=S) groups is 1. The number of anilines is 1. The van der Waals surface area contributed by atoms with Gasteiger partial charge in [0.05, 0.1) is 16.1 Å². The van der Waals surface area contributed by atoms with Gasteiger partial charge in [0.15, 0.2) is 5.11 Å². The Bertz CT molecular complexity index is 996. The summed E-state index contributed by atoms with van der Waals surface area (Å²) < 4.78 is 40.8. The Labute approximate surface area is 162 Å². The summed E-state index contributed by atoms with van der Waals surface area (Å²) in [6, 6.07) is 14.3. The van der Waals surface area contributed by atoms with Crippen LogP contribution in [0.25, 0.3) is 0 Å². The molecule has 3 rings (SSSR count). The highest BCUT2D eigenvalue weighted by molar-refractivity contribution is 7.89. The molecular weight excluding hydrogens is 387 g/mol. The molecular formula is C18H17FN4O2S2. The molecule has 9 heteroatoms. The Balaban J connectivity index is 1.67. The van der Waals surface area contributed by atoms with E-state index in [2.05, 4.69) is 5.32 Å². The van der Waals surface area contributed by atoms with Gasteiger partial charge in [-0.1, -0.05) is 24.3 Å². The lowest BCUT2D eigenvalue weighted by Gasteiger charge is -2.35. The number of hydrogen-bond acceptors (Lipinski definition) is 4. The number of hydrogen-bond donors (Lipinski definition) is 1. The number of para-hydroxylation sites is 1. The predicted molar refractivity (Wildman–Crippen MR) is 104 cm³/mol. The average Bonchev–Trinajstić information content (AvgIpc) is 2.69. The van der Waals surface area contributed by atoms with Crippen molar-refractivity contribution >= 4 is 33.0 Å². The molecule has 0 aromatic heterocycles. The summed E-state index contributed by atoms with van der Waals surface area (Å²) in [7, 11) is -3.76. The Hall–Kier alpha value is -2.54. The van der Waals surface area contributed by atoms with Gasteiger partial charge in [-0.25, -0.2) is 12.8 Å². The van der Waals surface area contributed by atoms with Crippen LogP contribution in [0, 0.1) is 17.1 Å². The van der Waals surface area contributed by atoms with Crippen LogP contribution in [-0.4, -0.2) is 48.9 Å². The SMILES string of the molecule is N#Cc1ccccc1S(=O)(=O)N1CCN(C(=S)Nc2ccccc2F)CC1. The lowest BCUT2D eigenvalue weighted by atomic mass is 10.2. The van der Waals surface area contributed by atoms with Crippen LogP contribution < -0.4 is 5.32 Å². The molecule has 27 heavy (non-hydrogen) atoms. The van der Waals surface area contributed by atoms with E-state index in [4.69, 9.17) is 17.5 Å². The van der Waals surface area contributed by atoms with Crippen LogP contribution >= 0.6 is 12.2 Å². The van der Waals surface area contributed by atoms with E-state index in [1.165, 1.54) is 22.5 Å². The van der Waals surface area contributed by atoms with Crippen molar-refractivity contribution in [3.8, 4) is 6.07 Å². The van der Waals surface area contributed by atoms with Gasteiger partial charge in [0.1, 0.15) is 11.9 Å². The highest BCUT2D eigenvalue weighted by atomic mass is 32.2. The molecule has 1 aliphatic rings. The number of nitrogens with zero attached hydrogens (tertiary/aromatic N) is 3. The van der Waals surface area contributed by atoms with E-state index in [1.807, 2.05) is 6.07 Å². The summed E-state index contributed by atoms with van der Waals surface area (Å²) in [6.07, 6.45) is 0. The first kappa shape index (κ1) is 19.2. The third-order valence-corrected chi connectivity index (χ3v) is 6.58. The number of sulfonamides is 1. The minimum absolute atomic E-state index is 0.00741. The topological polar surface area (TPSA) is 76.4 Å². The molecule has 0 amide bonds. The van der Waals surface area contributed by atoms with Crippen LogP contribution in [0.3, 0.4) is 0 Å². The van der Waals surface area contributed by atoms with Gasteiger partial charge in [0.25, 0.3) is 0 Å². The number of nitriles is 1. The largest absolute Gasteiger partial charge is 0.346 e. The van der Waals surface area contributed by atoms with Crippen LogP contribution in [-0.2, 0) is 10.0 Å². The lowest BCUT2D eigenvalue weighted by molar-refractivity contribution is 0.268. The fraction of sp³-hybridized carbons (Fsp3) is 0.222. The second-order valence-electron chi connectivity index (χ2n) is 5.91. The Morgan fingerprint density at radius 1 is 1.07 bits per heavy atom. The van der Waals surface area contributed by atoms with Crippen molar-refractivity contribution in [2.75, 3.05) is 31.5 Å². The molecule has 1 heterocycles. The van der Waals surface area contributed by atoms with Gasteiger partial charge in [0, 0.05) is 26.2 Å². The van der Waals surface area contributed by atoms with Gasteiger partial charge in [-0.05, 0) is 36.5 Å². The molecule has 0 saturated carbocycles. The molecule has 140 valence electrons. The van der Waals surface area contributed by atoms with Crippen molar-refractivity contribution in [3.63, 3.8) is 0 Å². The third kappa shape index (κ3) is 4.08. The maximum absolute atomic E-state index is 13.7. The Kier molecular flexibility index (Phi) is 5.70. The zero-order chi connectivity index (χ0) is 19.4. The average molecular weight is 404 g/mol. The summed E-state index contributed by atoms with van der Waals surface area (Å²) >= 11 is 5.32. The van der Waals surface area contributed by atoms with E-state index < -0.39 is 15.8 Å². The fourth-order valence-corrected chi connectivity index (χ4v) is 4.67. The van der Waals surface area contributed by atoms with Crippen molar-refractivity contribution in [1.29, 1.82) is 5.26 Å². The van der Waals surface area contributed by atoms with Gasteiger partial charge in [-0.3, -0.25) is 0 Å². The number of rotatable bonds is 3. The first-order chi connectivity index (χ1) is 12.9. The van der Waals surface area contributed by atoms with Crippen molar-refractivity contribution in [2.24, 2.45) is 0 Å². The molecule has 0 radical (unpaired) electrons. The monoisotopic (exact) mass is 404 g/mol. The minimum atomic E-state index is -3.76. The zero-order valence-corrected chi connectivity index (χ0v) is 15.9. The summed E-state index contributed by atoms with van der Waals surface area (Å²) in [5.41, 5.74) is 0.400. The van der Waals surface area contributed by atoms with Crippen molar-refractivity contribution in [3.05, 3.63) is 59.9 Å². The lowest BCUT2D eigenvalue weighted by Crippen LogP contribution is -2.51.